The van der Waals surface area contributed by atoms with Crippen LogP contribution < -0.4 is 5.32 Å². The van der Waals surface area contributed by atoms with E-state index in [1.165, 1.54) is 0 Å². The molecule has 0 bridgehead atoms. The molecule has 0 spiro atoms. The summed E-state index contributed by atoms with van der Waals surface area (Å²) >= 11 is 6.21. The summed E-state index contributed by atoms with van der Waals surface area (Å²) in [6.07, 6.45) is 1.06. The second-order valence-electron chi connectivity index (χ2n) is 3.13. The van der Waals surface area contributed by atoms with Crippen LogP contribution in [0.5, 0.6) is 0 Å². The number of hydrogen-bond acceptors (Lipinski definition) is 2. The van der Waals surface area contributed by atoms with Gasteiger partial charge in [0.1, 0.15) is 0 Å². The van der Waals surface area contributed by atoms with E-state index < -0.39 is 0 Å². The molecule has 16 heavy (non-hydrogen) atoms. The van der Waals surface area contributed by atoms with Gasteiger partial charge in [-0.1, -0.05) is 12.1 Å². The van der Waals surface area contributed by atoms with E-state index >= 15 is 0 Å². The molecular formula is C11H10Br2N2O. The standard InChI is InChI=1S/C11H10Br2N2O/c1-7-3-2-4-8(5-7)15-11(16)10(13)9(12)6-14/h2-6,14H,1H3,(H,15,16)/b10-9-,14-6?. The molecule has 5 heteroatoms. The first-order chi connectivity index (χ1) is 7.54. The minimum Gasteiger partial charge on any atom is -0.321 e. The van der Waals surface area contributed by atoms with Crippen molar-refractivity contribution in [3.63, 3.8) is 0 Å². The molecule has 0 heterocycles. The van der Waals surface area contributed by atoms with Gasteiger partial charge in [-0.05, 0) is 56.5 Å². The Labute approximate surface area is 111 Å². The van der Waals surface area contributed by atoms with Gasteiger partial charge in [-0.2, -0.15) is 0 Å². The Hall–Kier alpha value is -0.940. The summed E-state index contributed by atoms with van der Waals surface area (Å²) in [5.74, 6) is -0.291. The summed E-state index contributed by atoms with van der Waals surface area (Å²) in [5, 5.41) is 9.73. The van der Waals surface area contributed by atoms with Crippen LogP contribution in [0.25, 0.3) is 0 Å². The second kappa shape index (κ2) is 5.96. The van der Waals surface area contributed by atoms with Gasteiger partial charge in [0.25, 0.3) is 5.91 Å². The van der Waals surface area contributed by atoms with E-state index in [-0.39, 0.29) is 5.91 Å². The van der Waals surface area contributed by atoms with Crippen LogP contribution >= 0.6 is 31.9 Å². The predicted molar refractivity (Wildman–Crippen MR) is 73.5 cm³/mol. The number of allylic oxidation sites excluding steroid dienone is 1. The molecule has 1 aromatic rings. The third kappa shape index (κ3) is 3.57. The van der Waals surface area contributed by atoms with Crippen LogP contribution in [0.1, 0.15) is 5.56 Å². The van der Waals surface area contributed by atoms with Crippen molar-refractivity contribution in [2.24, 2.45) is 0 Å². The van der Waals surface area contributed by atoms with Crippen LogP contribution in [0.2, 0.25) is 0 Å². The number of nitrogens with one attached hydrogen (secondary N) is 2. The molecule has 1 amide bonds. The summed E-state index contributed by atoms with van der Waals surface area (Å²) in [5.41, 5.74) is 1.80. The number of benzene rings is 1. The lowest BCUT2D eigenvalue weighted by Gasteiger charge is -2.05. The zero-order valence-electron chi connectivity index (χ0n) is 8.55. The number of halogens is 2. The molecular weight excluding hydrogens is 336 g/mol. The zero-order valence-corrected chi connectivity index (χ0v) is 11.7. The summed E-state index contributed by atoms with van der Waals surface area (Å²) in [6, 6.07) is 7.50. The SMILES string of the molecule is Cc1cccc(NC(=O)/C(Br)=C(/Br)C=N)c1. The minimum absolute atomic E-state index is 0.291. The fourth-order valence-corrected chi connectivity index (χ4v) is 1.47. The Balaban J connectivity index is 2.83. The predicted octanol–water partition coefficient (Wildman–Crippen LogP) is 3.58. The first kappa shape index (κ1) is 13.1. The Morgan fingerprint density at radius 2 is 2.12 bits per heavy atom. The number of anilines is 1. The average Bonchev–Trinajstić information content (AvgIpc) is 2.27. The maximum absolute atomic E-state index is 11.7. The zero-order chi connectivity index (χ0) is 12.1. The smallest absolute Gasteiger partial charge is 0.263 e. The third-order valence-electron chi connectivity index (χ3n) is 1.81. The molecule has 3 nitrogen and oxygen atoms in total. The molecule has 1 aromatic carbocycles. The molecule has 0 fully saturated rings. The van der Waals surface area contributed by atoms with Crippen molar-refractivity contribution >= 4 is 49.7 Å². The van der Waals surface area contributed by atoms with E-state index in [2.05, 4.69) is 37.2 Å². The minimum atomic E-state index is -0.291. The van der Waals surface area contributed by atoms with Crippen molar-refractivity contribution in [1.29, 1.82) is 5.41 Å². The summed E-state index contributed by atoms with van der Waals surface area (Å²) in [4.78, 5) is 11.7. The van der Waals surface area contributed by atoms with E-state index in [1.54, 1.807) is 0 Å². The molecule has 0 aliphatic carbocycles. The van der Waals surface area contributed by atoms with Gasteiger partial charge in [-0.25, -0.2) is 0 Å². The quantitative estimate of drug-likeness (QED) is 0.638. The lowest BCUT2D eigenvalue weighted by Crippen LogP contribution is -2.12. The second-order valence-corrected chi connectivity index (χ2v) is 4.78. The highest BCUT2D eigenvalue weighted by atomic mass is 79.9. The molecule has 1 rings (SSSR count). The molecule has 84 valence electrons. The Morgan fingerprint density at radius 3 is 2.69 bits per heavy atom. The van der Waals surface area contributed by atoms with Gasteiger partial charge < -0.3 is 10.7 Å². The first-order valence-electron chi connectivity index (χ1n) is 4.48. The molecule has 0 unspecified atom stereocenters. The van der Waals surface area contributed by atoms with Gasteiger partial charge in [0.15, 0.2) is 0 Å². The summed E-state index contributed by atoms with van der Waals surface area (Å²) in [6.45, 7) is 1.95. The van der Waals surface area contributed by atoms with Gasteiger partial charge in [0.2, 0.25) is 0 Å². The maximum atomic E-state index is 11.7. The Morgan fingerprint density at radius 1 is 1.44 bits per heavy atom. The normalized spacial score (nSPS) is 11.7. The molecule has 0 saturated carbocycles. The van der Waals surface area contributed by atoms with Crippen LogP contribution in [0.3, 0.4) is 0 Å². The number of rotatable bonds is 3. The Kier molecular flexibility index (Phi) is 4.89. The molecule has 0 atom stereocenters. The highest BCUT2D eigenvalue weighted by Crippen LogP contribution is 2.19. The molecule has 2 N–H and O–H groups in total. The molecule has 0 aliphatic heterocycles. The summed E-state index contributed by atoms with van der Waals surface area (Å²) in [7, 11) is 0. The van der Waals surface area contributed by atoms with Gasteiger partial charge in [0.05, 0.1) is 8.96 Å². The molecule has 0 aromatic heterocycles. The molecule has 0 radical (unpaired) electrons. The van der Waals surface area contributed by atoms with E-state index in [9.17, 15) is 4.79 Å². The fraction of sp³-hybridized carbons (Fsp3) is 0.0909. The number of carbonyl (C=O) groups excluding carboxylic acids is 1. The van der Waals surface area contributed by atoms with Crippen LogP contribution in [-0.2, 0) is 4.79 Å². The van der Waals surface area contributed by atoms with Gasteiger partial charge >= 0.3 is 0 Å². The first-order valence-corrected chi connectivity index (χ1v) is 6.07. The third-order valence-corrected chi connectivity index (χ3v) is 3.76. The lowest BCUT2D eigenvalue weighted by atomic mass is 10.2. The van der Waals surface area contributed by atoms with Gasteiger partial charge in [-0.3, -0.25) is 4.79 Å². The highest BCUT2D eigenvalue weighted by Gasteiger charge is 2.09. The lowest BCUT2D eigenvalue weighted by molar-refractivity contribution is -0.112. The van der Waals surface area contributed by atoms with E-state index in [1.807, 2.05) is 31.2 Å². The van der Waals surface area contributed by atoms with Gasteiger partial charge in [-0.15, -0.1) is 0 Å². The van der Waals surface area contributed by atoms with Crippen molar-refractivity contribution in [3.8, 4) is 0 Å². The maximum Gasteiger partial charge on any atom is 0.263 e. The topological polar surface area (TPSA) is 53.0 Å². The van der Waals surface area contributed by atoms with Crippen LogP contribution in [0.15, 0.2) is 33.2 Å². The largest absolute Gasteiger partial charge is 0.321 e. The van der Waals surface area contributed by atoms with E-state index in [0.717, 1.165) is 17.5 Å². The van der Waals surface area contributed by atoms with E-state index in [0.29, 0.717) is 8.96 Å². The number of aryl methyl sites for hydroxylation is 1. The monoisotopic (exact) mass is 344 g/mol. The van der Waals surface area contributed by atoms with Crippen molar-refractivity contribution in [2.45, 2.75) is 6.92 Å². The fourth-order valence-electron chi connectivity index (χ4n) is 1.08. The Bertz CT molecular complexity index is 455. The van der Waals surface area contributed by atoms with Gasteiger partial charge in [0, 0.05) is 11.9 Å². The van der Waals surface area contributed by atoms with Crippen molar-refractivity contribution in [3.05, 3.63) is 38.8 Å². The number of carbonyl (C=O) groups is 1. The molecule has 0 aliphatic rings. The number of hydrogen-bond donors (Lipinski definition) is 2. The summed E-state index contributed by atoms with van der Waals surface area (Å²) < 4.78 is 0.696. The van der Waals surface area contributed by atoms with Crippen molar-refractivity contribution in [1.82, 2.24) is 0 Å². The number of amides is 1. The molecule has 0 saturated heterocycles. The highest BCUT2D eigenvalue weighted by molar-refractivity contribution is 9.14. The van der Waals surface area contributed by atoms with Crippen LogP contribution in [0.4, 0.5) is 5.69 Å². The average molecular weight is 346 g/mol. The van der Waals surface area contributed by atoms with Crippen LogP contribution in [-0.4, -0.2) is 12.1 Å². The van der Waals surface area contributed by atoms with Crippen LogP contribution in [0, 0.1) is 12.3 Å². The van der Waals surface area contributed by atoms with Crippen molar-refractivity contribution < 1.29 is 4.79 Å². The van der Waals surface area contributed by atoms with E-state index in [4.69, 9.17) is 5.41 Å². The van der Waals surface area contributed by atoms with Crippen molar-refractivity contribution in [2.75, 3.05) is 5.32 Å².